The lowest BCUT2D eigenvalue weighted by molar-refractivity contribution is -0.135. The average molecular weight is 888 g/mol. The number of allylic oxidation sites excluding steroid dienone is 2. The standard InChI is InChI=1S/C41H69N5O8S4/c1-5-7-22-53-36-32(31(3)45-21-30-58-41(45)56)11-9-12-33(36)38(47)42-15-17-44(19-24-51-27-28-52-26-25-50-4)18-16-43-39(48)34-13-10-14-35(37(34)54-23-8-6-2)40(49)46(57)20-29-55/h12-13,32,35-37,55,57H,3,5-11,14-30H2,1-2,4H3,(H,42,47)(H,43,48)/t32?,35-,36+,37?/m1/s1. The number of amides is 3. The molecule has 58 heavy (non-hydrogen) atoms. The first kappa shape index (κ1) is 50.7. The van der Waals surface area contributed by atoms with Crippen LogP contribution >= 0.6 is 49.4 Å². The Hall–Kier alpha value is -1.67. The minimum Gasteiger partial charge on any atom is -0.382 e. The Morgan fingerprint density at radius 2 is 1.40 bits per heavy atom. The predicted molar refractivity (Wildman–Crippen MR) is 242 cm³/mol. The van der Waals surface area contributed by atoms with Gasteiger partial charge in [0.15, 0.2) is 0 Å². The summed E-state index contributed by atoms with van der Waals surface area (Å²) in [6, 6.07) is 0. The molecule has 2 unspecified atom stereocenters. The minimum absolute atomic E-state index is 0.0378. The Kier molecular flexibility index (Phi) is 25.8. The number of unbranched alkanes of at least 4 members (excludes halogenated alkanes) is 2. The van der Waals surface area contributed by atoms with E-state index >= 15 is 0 Å². The number of thiol groups is 2. The fourth-order valence-corrected chi connectivity index (χ4v) is 8.95. The molecule has 0 spiro atoms. The summed E-state index contributed by atoms with van der Waals surface area (Å²) in [4.78, 5) is 45.1. The van der Waals surface area contributed by atoms with Crippen molar-refractivity contribution < 1.29 is 38.1 Å². The molecule has 2 aliphatic carbocycles. The number of thioether (sulfide) groups is 1. The third kappa shape index (κ3) is 17.0. The van der Waals surface area contributed by atoms with Crippen LogP contribution in [-0.4, -0.2) is 159 Å². The van der Waals surface area contributed by atoms with Gasteiger partial charge in [0.25, 0.3) is 0 Å². The van der Waals surface area contributed by atoms with Crippen LogP contribution in [0.4, 0.5) is 0 Å². The zero-order chi connectivity index (χ0) is 42.1. The SMILES string of the molecule is C=C(C1CCC=C(C(=O)NCCN(CCNC(=O)C2=CCC[C@@H](C(=O)N(S)CCS)C2OCCCC)CCOCCOCCOC)[C@H]1OCCCC)N1CCSC1=S. The third-order valence-electron chi connectivity index (χ3n) is 10.3. The number of nitrogens with one attached hydrogen (secondary N) is 2. The smallest absolute Gasteiger partial charge is 0.249 e. The van der Waals surface area contributed by atoms with E-state index in [4.69, 9.17) is 35.9 Å². The van der Waals surface area contributed by atoms with E-state index in [-0.39, 0.29) is 23.6 Å². The first-order valence-electron chi connectivity index (χ1n) is 21.0. The third-order valence-corrected chi connectivity index (χ3v) is 12.4. The molecule has 1 fully saturated rings. The van der Waals surface area contributed by atoms with Gasteiger partial charge in [0.05, 0.1) is 51.2 Å². The van der Waals surface area contributed by atoms with Crippen LogP contribution in [0.5, 0.6) is 0 Å². The number of carbonyl (C=O) groups excluding carboxylic acids is 3. The van der Waals surface area contributed by atoms with Crippen LogP contribution in [0.25, 0.3) is 0 Å². The van der Waals surface area contributed by atoms with Crippen molar-refractivity contribution in [3.05, 3.63) is 35.6 Å². The van der Waals surface area contributed by atoms with E-state index in [1.54, 1.807) is 18.9 Å². The van der Waals surface area contributed by atoms with E-state index in [0.29, 0.717) is 115 Å². The van der Waals surface area contributed by atoms with Crippen molar-refractivity contribution in [3.8, 4) is 0 Å². The zero-order valence-electron chi connectivity index (χ0n) is 35.0. The summed E-state index contributed by atoms with van der Waals surface area (Å²) in [5, 5.41) is 6.23. The number of hydrogen-bond donors (Lipinski definition) is 4. The van der Waals surface area contributed by atoms with E-state index in [0.717, 1.165) is 60.8 Å². The van der Waals surface area contributed by atoms with Gasteiger partial charge in [-0.25, -0.2) is 0 Å². The number of hydrogen-bond acceptors (Lipinski definition) is 13. The highest BCUT2D eigenvalue weighted by Crippen LogP contribution is 2.36. The molecule has 0 aromatic rings. The van der Waals surface area contributed by atoms with Crippen LogP contribution < -0.4 is 10.6 Å². The lowest BCUT2D eigenvalue weighted by atomic mass is 9.83. The van der Waals surface area contributed by atoms with Crippen molar-refractivity contribution in [1.29, 1.82) is 0 Å². The Balaban J connectivity index is 1.63. The molecule has 0 aromatic heterocycles. The lowest BCUT2D eigenvalue weighted by Gasteiger charge is -2.36. The highest BCUT2D eigenvalue weighted by molar-refractivity contribution is 8.23. The van der Waals surface area contributed by atoms with Crippen LogP contribution in [0.1, 0.15) is 65.2 Å². The number of thiocarbonyl (C=S) groups is 1. The van der Waals surface area contributed by atoms with Gasteiger partial charge in [-0.15, -0.1) is 0 Å². The first-order chi connectivity index (χ1) is 28.2. The second-order valence-corrected chi connectivity index (χ2v) is 17.1. The van der Waals surface area contributed by atoms with E-state index in [2.05, 4.69) is 66.3 Å². The van der Waals surface area contributed by atoms with Crippen LogP contribution in [-0.2, 0) is 38.1 Å². The molecule has 1 saturated heterocycles. The van der Waals surface area contributed by atoms with Crippen molar-refractivity contribution >= 4 is 71.5 Å². The summed E-state index contributed by atoms with van der Waals surface area (Å²) in [7, 11) is 1.63. The second-order valence-electron chi connectivity index (χ2n) is 14.5. The Morgan fingerprint density at radius 1 is 0.845 bits per heavy atom. The average Bonchev–Trinajstić information content (AvgIpc) is 3.66. The van der Waals surface area contributed by atoms with E-state index in [1.165, 1.54) is 4.31 Å². The zero-order valence-corrected chi connectivity index (χ0v) is 38.4. The topological polar surface area (TPSA) is 131 Å². The van der Waals surface area contributed by atoms with E-state index in [1.807, 2.05) is 12.2 Å². The first-order valence-corrected chi connectivity index (χ1v) is 23.4. The largest absolute Gasteiger partial charge is 0.382 e. The molecule has 4 atom stereocenters. The van der Waals surface area contributed by atoms with Crippen molar-refractivity contribution in [1.82, 2.24) is 24.7 Å². The summed E-state index contributed by atoms with van der Waals surface area (Å²) in [5.74, 6) is 0.317. The lowest BCUT2D eigenvalue weighted by Crippen LogP contribution is -2.46. The maximum absolute atomic E-state index is 13.8. The molecule has 0 radical (unpaired) electrons. The molecule has 0 aromatic carbocycles. The Bertz CT molecular complexity index is 1360. The van der Waals surface area contributed by atoms with Gasteiger partial charge in [-0.2, -0.15) is 12.6 Å². The molecule has 3 aliphatic rings. The molecule has 2 N–H and O–H groups in total. The van der Waals surface area contributed by atoms with Crippen molar-refractivity contribution in [2.75, 3.05) is 111 Å². The molecule has 17 heteroatoms. The maximum atomic E-state index is 13.8. The highest BCUT2D eigenvalue weighted by Gasteiger charge is 2.39. The quantitative estimate of drug-likeness (QED) is 0.0454. The fourth-order valence-electron chi connectivity index (χ4n) is 7.07. The number of ether oxygens (including phenoxy) is 5. The normalized spacial score (nSPS) is 20.9. The van der Waals surface area contributed by atoms with Gasteiger partial charge in [-0.3, -0.25) is 23.6 Å². The highest BCUT2D eigenvalue weighted by atomic mass is 32.2. The van der Waals surface area contributed by atoms with Gasteiger partial charge in [0, 0.05) is 100 Å². The second kappa shape index (κ2) is 29.6. The van der Waals surface area contributed by atoms with Gasteiger partial charge in [0.2, 0.25) is 17.7 Å². The van der Waals surface area contributed by atoms with Gasteiger partial charge in [-0.05, 0) is 38.5 Å². The van der Waals surface area contributed by atoms with Gasteiger partial charge in [0.1, 0.15) is 4.32 Å². The van der Waals surface area contributed by atoms with Crippen molar-refractivity contribution in [3.63, 3.8) is 0 Å². The Labute approximate surface area is 368 Å². The van der Waals surface area contributed by atoms with E-state index in [9.17, 15) is 14.4 Å². The Morgan fingerprint density at radius 3 is 1.93 bits per heavy atom. The monoisotopic (exact) mass is 887 g/mol. The summed E-state index contributed by atoms with van der Waals surface area (Å²) in [6.07, 6.45) is 9.28. The van der Waals surface area contributed by atoms with Crippen LogP contribution in [0.2, 0.25) is 0 Å². The van der Waals surface area contributed by atoms with Crippen LogP contribution in [0, 0.1) is 11.8 Å². The molecule has 0 saturated carbocycles. The van der Waals surface area contributed by atoms with E-state index < -0.39 is 18.1 Å². The molecular formula is C41H69N5O8S4. The molecule has 3 amide bonds. The van der Waals surface area contributed by atoms with Crippen molar-refractivity contribution in [2.45, 2.75) is 77.4 Å². The molecule has 0 bridgehead atoms. The molecule has 330 valence electrons. The van der Waals surface area contributed by atoms with Crippen LogP contribution in [0.15, 0.2) is 35.6 Å². The summed E-state index contributed by atoms with van der Waals surface area (Å²) >= 11 is 15.9. The number of rotatable bonds is 30. The molecule has 13 nitrogen and oxygen atoms in total. The van der Waals surface area contributed by atoms with Gasteiger partial charge >= 0.3 is 0 Å². The van der Waals surface area contributed by atoms with Gasteiger partial charge < -0.3 is 39.2 Å². The number of carbonyl (C=O) groups is 3. The summed E-state index contributed by atoms with van der Waals surface area (Å²) < 4.78 is 31.3. The molecule has 1 aliphatic heterocycles. The number of methoxy groups -OCH3 is 1. The molecule has 1 heterocycles. The molecular weight excluding hydrogens is 819 g/mol. The fraction of sp³-hybridized carbons (Fsp3) is 0.756. The summed E-state index contributed by atoms with van der Waals surface area (Å²) in [5.41, 5.74) is 2.04. The maximum Gasteiger partial charge on any atom is 0.249 e. The summed E-state index contributed by atoms with van der Waals surface area (Å²) in [6.45, 7) is 15.6. The number of nitrogens with zero attached hydrogens (tertiary/aromatic N) is 3. The molecule has 3 rings (SSSR count). The predicted octanol–water partition coefficient (Wildman–Crippen LogP) is 4.69. The van der Waals surface area contributed by atoms with Crippen LogP contribution in [0.3, 0.4) is 0 Å². The van der Waals surface area contributed by atoms with Gasteiger partial charge in [-0.1, -0.05) is 82.2 Å². The minimum atomic E-state index is -0.653. The van der Waals surface area contributed by atoms with Crippen molar-refractivity contribution in [2.24, 2.45) is 11.8 Å².